The Labute approximate surface area is 223 Å². The van der Waals surface area contributed by atoms with Gasteiger partial charge in [0.2, 0.25) is 17.7 Å². The molecule has 0 spiro atoms. The summed E-state index contributed by atoms with van der Waals surface area (Å²) in [6.45, 7) is 5.26. The van der Waals surface area contributed by atoms with Crippen LogP contribution in [0.2, 0.25) is 0 Å². The fraction of sp³-hybridized carbons (Fsp3) is 0.483. The zero-order valence-electron chi connectivity index (χ0n) is 22.1. The number of carbonyl (C=O) groups excluding carboxylic acids is 3. The minimum Gasteiger partial charge on any atom is -0.457 e. The number of halogens is 1. The molecule has 206 valence electrons. The number of ether oxygens (including phenoxy) is 1. The molecule has 4 rings (SSSR count). The summed E-state index contributed by atoms with van der Waals surface area (Å²) in [7, 11) is 0. The number of benzene rings is 2. The van der Waals surface area contributed by atoms with E-state index in [1.807, 2.05) is 43.0 Å². The number of hydrogen-bond acceptors (Lipinski definition) is 5. The first-order valence-corrected chi connectivity index (χ1v) is 13.2. The molecule has 4 N–H and O–H groups in total. The fourth-order valence-electron chi connectivity index (χ4n) is 4.20. The summed E-state index contributed by atoms with van der Waals surface area (Å²) in [4.78, 5) is 36.5. The molecule has 1 atom stereocenters. The van der Waals surface area contributed by atoms with Gasteiger partial charge in [-0.3, -0.25) is 14.4 Å². The molecule has 0 aromatic heterocycles. The lowest BCUT2D eigenvalue weighted by Crippen LogP contribution is -2.50. The number of nitrogens with one attached hydrogen (secondary N) is 1. The van der Waals surface area contributed by atoms with Gasteiger partial charge in [0.25, 0.3) is 0 Å². The van der Waals surface area contributed by atoms with E-state index in [-0.39, 0.29) is 17.6 Å². The highest BCUT2D eigenvalue weighted by Crippen LogP contribution is 2.35. The molecule has 0 radical (unpaired) electrons. The number of amides is 3. The molecule has 1 heterocycles. The van der Waals surface area contributed by atoms with Crippen molar-refractivity contribution in [1.29, 1.82) is 0 Å². The van der Waals surface area contributed by atoms with Gasteiger partial charge in [-0.1, -0.05) is 32.4 Å². The Balaban J connectivity index is 0.000000232. The average molecular weight is 528 g/mol. The van der Waals surface area contributed by atoms with Crippen LogP contribution in [-0.2, 0) is 20.9 Å². The van der Waals surface area contributed by atoms with Gasteiger partial charge in [-0.05, 0) is 80.0 Å². The summed E-state index contributed by atoms with van der Waals surface area (Å²) in [6, 6.07) is 13.6. The maximum absolute atomic E-state index is 12.9. The number of rotatable bonds is 9. The predicted molar refractivity (Wildman–Crippen MR) is 142 cm³/mol. The zero-order chi connectivity index (χ0) is 27.7. The van der Waals surface area contributed by atoms with Crippen LogP contribution in [0.15, 0.2) is 48.5 Å². The minimum absolute atomic E-state index is 0.229. The van der Waals surface area contributed by atoms with E-state index in [0.717, 1.165) is 31.4 Å². The molecule has 2 fully saturated rings. The maximum Gasteiger partial charge on any atom is 0.249 e. The number of aliphatic hydroxyl groups excluding tert-OH is 1. The maximum atomic E-state index is 12.9. The van der Waals surface area contributed by atoms with Crippen molar-refractivity contribution in [1.82, 2.24) is 10.2 Å². The molecule has 38 heavy (non-hydrogen) atoms. The van der Waals surface area contributed by atoms with Crippen molar-refractivity contribution in [2.75, 3.05) is 6.54 Å². The molecule has 8 nitrogen and oxygen atoms in total. The third-order valence-corrected chi connectivity index (χ3v) is 6.57. The Bertz CT molecular complexity index is 1100. The normalized spacial score (nSPS) is 17.1. The van der Waals surface area contributed by atoms with Crippen molar-refractivity contribution in [2.24, 2.45) is 11.7 Å². The van der Waals surface area contributed by atoms with E-state index in [1.165, 1.54) is 12.1 Å². The lowest BCUT2D eigenvalue weighted by Gasteiger charge is -2.20. The highest BCUT2D eigenvalue weighted by molar-refractivity contribution is 5.94. The van der Waals surface area contributed by atoms with Crippen LogP contribution in [0.4, 0.5) is 4.39 Å². The van der Waals surface area contributed by atoms with Gasteiger partial charge < -0.3 is 25.8 Å². The Kier molecular flexibility index (Phi) is 10.2. The molecule has 1 saturated carbocycles. The molecule has 1 aliphatic heterocycles. The summed E-state index contributed by atoms with van der Waals surface area (Å²) in [5.41, 5.74) is 5.31. The van der Waals surface area contributed by atoms with Crippen molar-refractivity contribution in [3.8, 4) is 11.5 Å². The van der Waals surface area contributed by atoms with Gasteiger partial charge in [0, 0.05) is 19.5 Å². The average Bonchev–Trinajstić information content (AvgIpc) is 3.67. The van der Waals surface area contributed by atoms with Gasteiger partial charge in [-0.15, -0.1) is 0 Å². The van der Waals surface area contributed by atoms with Crippen LogP contribution in [0.25, 0.3) is 0 Å². The van der Waals surface area contributed by atoms with Crippen LogP contribution in [0.3, 0.4) is 0 Å². The third kappa shape index (κ3) is 8.83. The molecule has 1 unspecified atom stereocenters. The number of nitrogens with zero attached hydrogens (tertiary/aromatic N) is 1. The van der Waals surface area contributed by atoms with Gasteiger partial charge in [0.05, 0.1) is 0 Å². The van der Waals surface area contributed by atoms with Crippen LogP contribution in [0.5, 0.6) is 11.5 Å². The van der Waals surface area contributed by atoms with Gasteiger partial charge in [0.1, 0.15) is 29.0 Å². The number of aliphatic hydroxyl groups is 1. The Hall–Kier alpha value is -3.46. The van der Waals surface area contributed by atoms with Gasteiger partial charge >= 0.3 is 0 Å². The molecule has 0 bridgehead atoms. The molecular weight excluding hydrogens is 489 g/mol. The first-order chi connectivity index (χ1) is 18.1. The first kappa shape index (κ1) is 29.1. The van der Waals surface area contributed by atoms with E-state index in [4.69, 9.17) is 10.5 Å². The minimum atomic E-state index is -1.05. The molecule has 1 saturated heterocycles. The Morgan fingerprint density at radius 3 is 2.45 bits per heavy atom. The molecule has 2 aromatic rings. The fourth-order valence-corrected chi connectivity index (χ4v) is 4.20. The molecule has 1 aliphatic carbocycles. The molecular formula is C29H38FN3O5. The number of primary amides is 1. The van der Waals surface area contributed by atoms with E-state index < -0.39 is 23.5 Å². The highest BCUT2D eigenvalue weighted by atomic mass is 19.1. The lowest BCUT2D eigenvalue weighted by atomic mass is 10.1. The summed E-state index contributed by atoms with van der Waals surface area (Å²) < 4.78 is 18.7. The van der Waals surface area contributed by atoms with Crippen LogP contribution in [0, 0.1) is 11.7 Å². The second-order valence-electron chi connectivity index (χ2n) is 10.4. The van der Waals surface area contributed by atoms with Crippen molar-refractivity contribution in [3.05, 3.63) is 59.9 Å². The summed E-state index contributed by atoms with van der Waals surface area (Å²) >= 11 is 0. The smallest absolute Gasteiger partial charge is 0.249 e. The van der Waals surface area contributed by atoms with Crippen molar-refractivity contribution < 1.29 is 28.6 Å². The largest absolute Gasteiger partial charge is 0.457 e. The van der Waals surface area contributed by atoms with E-state index in [2.05, 4.69) is 5.32 Å². The van der Waals surface area contributed by atoms with Gasteiger partial charge in [-0.25, -0.2) is 4.39 Å². The van der Waals surface area contributed by atoms with E-state index in [1.54, 1.807) is 12.1 Å². The second kappa shape index (κ2) is 13.4. The molecule has 3 amide bonds. The van der Waals surface area contributed by atoms with Crippen LogP contribution < -0.4 is 15.8 Å². The predicted octanol–water partition coefficient (Wildman–Crippen LogP) is 4.05. The quantitative estimate of drug-likeness (QED) is 0.454. The van der Waals surface area contributed by atoms with E-state index in [0.29, 0.717) is 43.7 Å². The number of nitrogens with two attached hydrogens (primary N) is 1. The van der Waals surface area contributed by atoms with E-state index >= 15 is 0 Å². The van der Waals surface area contributed by atoms with Crippen molar-refractivity contribution >= 4 is 17.7 Å². The van der Waals surface area contributed by atoms with Gasteiger partial charge in [0.15, 0.2) is 0 Å². The van der Waals surface area contributed by atoms with Crippen LogP contribution in [0.1, 0.15) is 64.4 Å². The highest BCUT2D eigenvalue weighted by Gasteiger charge is 2.50. The van der Waals surface area contributed by atoms with Gasteiger partial charge in [-0.2, -0.15) is 0 Å². The van der Waals surface area contributed by atoms with Crippen molar-refractivity contribution in [3.63, 3.8) is 0 Å². The number of hydrogen-bond donors (Lipinski definition) is 3. The summed E-state index contributed by atoms with van der Waals surface area (Å²) in [5.74, 6) is 0.436. The molecule has 2 aliphatic rings. The topological polar surface area (TPSA) is 122 Å². The van der Waals surface area contributed by atoms with E-state index in [9.17, 15) is 23.9 Å². The summed E-state index contributed by atoms with van der Waals surface area (Å²) in [6.07, 6.45) is 4.30. The SMILES string of the molecule is CC(C)CC(O)C(=O)NC1(C(N)=O)CC1.O=C1CCCCCN1Cc1cccc(Oc2ccc(F)cc2)c1. The van der Waals surface area contributed by atoms with Crippen LogP contribution in [-0.4, -0.2) is 45.9 Å². The second-order valence-corrected chi connectivity index (χ2v) is 10.4. The summed E-state index contributed by atoms with van der Waals surface area (Å²) in [5, 5.41) is 12.0. The standard InChI is InChI=1S/C19H20FNO2.C10H18N2O3/c20-16-8-10-17(11-9-16)23-18-6-4-5-15(13-18)14-21-12-3-1-2-7-19(21)22;1-6(2)5-7(13)8(14)12-10(3-4-10)9(11)15/h4-6,8-11,13H,1-3,7,12,14H2;6-7,13H,3-5H2,1-2H3,(H2,11,15)(H,12,14). The van der Waals surface area contributed by atoms with Crippen LogP contribution >= 0.6 is 0 Å². The molecule has 2 aromatic carbocycles. The number of carbonyl (C=O) groups is 3. The Morgan fingerprint density at radius 2 is 1.82 bits per heavy atom. The third-order valence-electron chi connectivity index (χ3n) is 6.57. The monoisotopic (exact) mass is 527 g/mol. The number of likely N-dealkylation sites (tertiary alicyclic amines) is 1. The lowest BCUT2D eigenvalue weighted by molar-refractivity contribution is -0.134. The van der Waals surface area contributed by atoms with Crippen molar-refractivity contribution in [2.45, 2.75) is 77.0 Å². The molecule has 9 heteroatoms. The first-order valence-electron chi connectivity index (χ1n) is 13.2. The zero-order valence-corrected chi connectivity index (χ0v) is 22.1. The Morgan fingerprint density at radius 1 is 1.11 bits per heavy atom.